The first-order chi connectivity index (χ1) is 13.0. The zero-order valence-corrected chi connectivity index (χ0v) is 16.2. The number of thioether (sulfide) groups is 1. The molecule has 142 valence electrons. The molecule has 0 spiro atoms. The highest BCUT2D eigenvalue weighted by atomic mass is 32.2. The normalized spacial score (nSPS) is 19.3. The van der Waals surface area contributed by atoms with Gasteiger partial charge in [0.05, 0.1) is 0 Å². The topological polar surface area (TPSA) is 49.4 Å². The fourth-order valence-corrected chi connectivity index (χ4v) is 4.50. The molecule has 1 N–H and O–H groups in total. The molecule has 1 fully saturated rings. The van der Waals surface area contributed by atoms with Crippen LogP contribution in [0.2, 0.25) is 0 Å². The molecule has 0 radical (unpaired) electrons. The van der Waals surface area contributed by atoms with Crippen molar-refractivity contribution in [2.45, 2.75) is 31.8 Å². The smallest absolute Gasteiger partial charge is 0.243 e. The molecule has 0 aliphatic carbocycles. The van der Waals surface area contributed by atoms with Crippen LogP contribution in [0.3, 0.4) is 0 Å². The number of halogens is 1. The van der Waals surface area contributed by atoms with Crippen molar-refractivity contribution in [2.24, 2.45) is 5.92 Å². The molecule has 4 nitrogen and oxygen atoms in total. The second-order valence-corrected chi connectivity index (χ2v) is 7.97. The molecule has 2 amide bonds. The Hall–Kier alpha value is -2.34. The second-order valence-electron chi connectivity index (χ2n) is 6.86. The molecule has 0 aromatic heterocycles. The van der Waals surface area contributed by atoms with E-state index in [1.807, 2.05) is 44.2 Å². The summed E-state index contributed by atoms with van der Waals surface area (Å²) >= 11 is 1.60. The lowest BCUT2D eigenvalue weighted by atomic mass is 10.1. The molecule has 0 saturated carbocycles. The highest BCUT2D eigenvalue weighted by molar-refractivity contribution is 7.99. The van der Waals surface area contributed by atoms with Crippen molar-refractivity contribution in [1.82, 2.24) is 10.2 Å². The minimum absolute atomic E-state index is 0.0317. The lowest BCUT2D eigenvalue weighted by molar-refractivity contribution is -0.142. The quantitative estimate of drug-likeness (QED) is 0.852. The number of hydrogen-bond acceptors (Lipinski definition) is 3. The summed E-state index contributed by atoms with van der Waals surface area (Å²) in [5.74, 6) is -0.165. The van der Waals surface area contributed by atoms with E-state index in [-0.39, 0.29) is 28.9 Å². The summed E-state index contributed by atoms with van der Waals surface area (Å²) in [5.41, 5.74) is 1.84. The van der Waals surface area contributed by atoms with Gasteiger partial charge in [-0.15, -0.1) is 11.8 Å². The first kappa shape index (κ1) is 19.4. The minimum atomic E-state index is -0.518. The summed E-state index contributed by atoms with van der Waals surface area (Å²) in [6.07, 6.45) is 0. The minimum Gasteiger partial charge on any atom is -0.350 e. The number of benzene rings is 2. The van der Waals surface area contributed by atoms with Gasteiger partial charge in [0.15, 0.2) is 0 Å². The Bertz CT molecular complexity index is 796. The van der Waals surface area contributed by atoms with E-state index in [0.717, 1.165) is 11.1 Å². The largest absolute Gasteiger partial charge is 0.350 e. The van der Waals surface area contributed by atoms with Gasteiger partial charge in [-0.05, 0) is 23.3 Å². The first-order valence-corrected chi connectivity index (χ1v) is 10.0. The van der Waals surface area contributed by atoms with Crippen molar-refractivity contribution < 1.29 is 14.0 Å². The third-order valence-corrected chi connectivity index (χ3v) is 5.84. The molecule has 1 aliphatic rings. The van der Waals surface area contributed by atoms with Crippen LogP contribution in [0.25, 0.3) is 0 Å². The van der Waals surface area contributed by atoms with Crippen LogP contribution < -0.4 is 5.32 Å². The fourth-order valence-electron chi connectivity index (χ4n) is 3.06. The van der Waals surface area contributed by atoms with Crippen molar-refractivity contribution in [2.75, 3.05) is 5.75 Å². The molecule has 0 bridgehead atoms. The SMILES string of the molecule is CC(C)C(=O)N1[C@@H](C(=O)NCc2ccc(F)cc2)CS[C@H]1c1ccccc1. The molecule has 27 heavy (non-hydrogen) atoms. The molecule has 3 rings (SSSR count). The van der Waals surface area contributed by atoms with Crippen molar-refractivity contribution in [3.8, 4) is 0 Å². The summed E-state index contributed by atoms with van der Waals surface area (Å²) in [6.45, 7) is 4.00. The van der Waals surface area contributed by atoms with Crippen LogP contribution in [0.4, 0.5) is 4.39 Å². The average Bonchev–Trinajstić information content (AvgIpc) is 3.12. The molecule has 2 aromatic carbocycles. The predicted molar refractivity (Wildman–Crippen MR) is 105 cm³/mol. The number of rotatable bonds is 5. The van der Waals surface area contributed by atoms with Crippen molar-refractivity contribution in [3.63, 3.8) is 0 Å². The lowest BCUT2D eigenvalue weighted by Crippen LogP contribution is -2.49. The van der Waals surface area contributed by atoms with Gasteiger partial charge in [-0.3, -0.25) is 9.59 Å². The van der Waals surface area contributed by atoms with Crippen LogP contribution in [0, 0.1) is 11.7 Å². The van der Waals surface area contributed by atoms with E-state index in [1.165, 1.54) is 12.1 Å². The van der Waals surface area contributed by atoms with Gasteiger partial charge in [-0.25, -0.2) is 4.39 Å². The maximum absolute atomic E-state index is 13.0. The maximum atomic E-state index is 13.0. The summed E-state index contributed by atoms with van der Waals surface area (Å²) in [6, 6.07) is 15.3. The molecule has 2 aromatic rings. The van der Waals surface area contributed by atoms with Crippen molar-refractivity contribution >= 4 is 23.6 Å². The van der Waals surface area contributed by atoms with E-state index in [2.05, 4.69) is 5.32 Å². The summed E-state index contributed by atoms with van der Waals surface area (Å²) in [4.78, 5) is 27.4. The predicted octanol–water partition coefficient (Wildman–Crippen LogP) is 3.74. The van der Waals surface area contributed by atoms with Crippen LogP contribution in [0.5, 0.6) is 0 Å². The highest BCUT2D eigenvalue weighted by Crippen LogP contribution is 2.42. The number of nitrogens with zero attached hydrogens (tertiary/aromatic N) is 1. The van der Waals surface area contributed by atoms with Gasteiger partial charge in [-0.1, -0.05) is 56.3 Å². The molecule has 1 heterocycles. The summed E-state index contributed by atoms with van der Waals surface area (Å²) in [7, 11) is 0. The Morgan fingerprint density at radius 2 is 1.81 bits per heavy atom. The van der Waals surface area contributed by atoms with Crippen LogP contribution in [0.15, 0.2) is 54.6 Å². The number of carbonyl (C=O) groups excluding carboxylic acids is 2. The van der Waals surface area contributed by atoms with E-state index in [9.17, 15) is 14.0 Å². The standard InChI is InChI=1S/C21H23FN2O2S/c1-14(2)20(26)24-18(13-27-21(24)16-6-4-3-5-7-16)19(25)23-12-15-8-10-17(22)11-9-15/h3-11,14,18,21H,12-13H2,1-2H3,(H,23,25)/t18-,21+/m1/s1. The Morgan fingerprint density at radius 3 is 2.44 bits per heavy atom. The van der Waals surface area contributed by atoms with E-state index >= 15 is 0 Å². The molecule has 2 atom stereocenters. The third-order valence-electron chi connectivity index (χ3n) is 4.52. The fraction of sp³-hybridized carbons (Fsp3) is 0.333. The maximum Gasteiger partial charge on any atom is 0.243 e. The number of amides is 2. The van der Waals surface area contributed by atoms with Gasteiger partial charge in [0.2, 0.25) is 11.8 Å². The number of nitrogens with one attached hydrogen (secondary N) is 1. The zero-order valence-electron chi connectivity index (χ0n) is 15.4. The van der Waals surface area contributed by atoms with Gasteiger partial charge in [0.1, 0.15) is 17.2 Å². The Morgan fingerprint density at radius 1 is 1.15 bits per heavy atom. The van der Waals surface area contributed by atoms with Crippen LogP contribution >= 0.6 is 11.8 Å². The molecular formula is C21H23FN2O2S. The van der Waals surface area contributed by atoms with Gasteiger partial charge in [-0.2, -0.15) is 0 Å². The molecule has 1 aliphatic heterocycles. The van der Waals surface area contributed by atoms with Gasteiger partial charge < -0.3 is 10.2 Å². The lowest BCUT2D eigenvalue weighted by Gasteiger charge is -2.30. The van der Waals surface area contributed by atoms with Crippen LogP contribution in [-0.4, -0.2) is 28.5 Å². The molecular weight excluding hydrogens is 363 g/mol. The van der Waals surface area contributed by atoms with Crippen molar-refractivity contribution in [1.29, 1.82) is 0 Å². The van der Waals surface area contributed by atoms with E-state index in [4.69, 9.17) is 0 Å². The third kappa shape index (κ3) is 4.50. The monoisotopic (exact) mass is 386 g/mol. The van der Waals surface area contributed by atoms with Gasteiger partial charge in [0, 0.05) is 18.2 Å². The number of hydrogen-bond donors (Lipinski definition) is 1. The molecule has 0 unspecified atom stereocenters. The summed E-state index contributed by atoms with van der Waals surface area (Å²) in [5, 5.41) is 2.72. The van der Waals surface area contributed by atoms with Gasteiger partial charge >= 0.3 is 0 Å². The van der Waals surface area contributed by atoms with Gasteiger partial charge in [0.25, 0.3) is 0 Å². The number of carbonyl (C=O) groups is 2. The Balaban J connectivity index is 1.75. The van der Waals surface area contributed by atoms with E-state index < -0.39 is 6.04 Å². The van der Waals surface area contributed by atoms with E-state index in [1.54, 1.807) is 28.8 Å². The second kappa shape index (κ2) is 8.57. The van der Waals surface area contributed by atoms with Crippen molar-refractivity contribution in [3.05, 3.63) is 71.5 Å². The average molecular weight is 386 g/mol. The Labute approximate surface area is 163 Å². The Kier molecular flexibility index (Phi) is 6.16. The summed E-state index contributed by atoms with van der Waals surface area (Å²) < 4.78 is 13.0. The molecule has 1 saturated heterocycles. The first-order valence-electron chi connectivity index (χ1n) is 8.98. The zero-order chi connectivity index (χ0) is 19.4. The molecule has 6 heteroatoms. The highest BCUT2D eigenvalue weighted by Gasteiger charge is 2.42. The van der Waals surface area contributed by atoms with Crippen LogP contribution in [-0.2, 0) is 16.1 Å². The van der Waals surface area contributed by atoms with E-state index in [0.29, 0.717) is 12.3 Å². The van der Waals surface area contributed by atoms with Crippen LogP contribution in [0.1, 0.15) is 30.3 Å².